The molecule has 3 saturated carbocycles. The minimum atomic E-state index is -0.614. The summed E-state index contributed by atoms with van der Waals surface area (Å²) in [7, 11) is 0. The maximum atomic E-state index is 11.8. The van der Waals surface area contributed by atoms with Crippen molar-refractivity contribution in [2.45, 2.75) is 102 Å². The molecule has 0 spiro atoms. The van der Waals surface area contributed by atoms with Crippen molar-refractivity contribution in [1.29, 1.82) is 0 Å². The van der Waals surface area contributed by atoms with Crippen molar-refractivity contribution in [3.63, 3.8) is 0 Å². The van der Waals surface area contributed by atoms with Crippen LogP contribution in [0.4, 0.5) is 10.6 Å². The molecule has 2 aromatic heterocycles. The van der Waals surface area contributed by atoms with Crippen LogP contribution in [-0.2, 0) is 16.8 Å². The number of rotatable bonds is 8. The van der Waals surface area contributed by atoms with Crippen LogP contribution >= 0.6 is 0 Å². The number of nitrogens with one attached hydrogen (secondary N) is 3. The number of anilines is 1. The summed E-state index contributed by atoms with van der Waals surface area (Å²) in [6, 6.07) is 11.2. The van der Waals surface area contributed by atoms with E-state index in [1.807, 2.05) is 0 Å². The highest BCUT2D eigenvalue weighted by molar-refractivity contribution is 5.85. The minimum absolute atomic E-state index is 0.121. The first-order valence-corrected chi connectivity index (χ1v) is 15.3. The third kappa shape index (κ3) is 4.52. The molecule has 4 aliphatic rings. The van der Waals surface area contributed by atoms with E-state index in [4.69, 9.17) is 19.8 Å². The molecule has 0 bridgehead atoms. The number of hydrogen-bond acceptors (Lipinski definition) is 7. The Bertz CT molecular complexity index is 1370. The average Bonchev–Trinajstić information content (AvgIpc) is 3.48. The third-order valence-corrected chi connectivity index (χ3v) is 10.2. The molecule has 212 valence electrons. The summed E-state index contributed by atoms with van der Waals surface area (Å²) in [5, 5.41) is 6.56. The summed E-state index contributed by atoms with van der Waals surface area (Å²) in [4.78, 5) is 32.1. The lowest BCUT2D eigenvalue weighted by molar-refractivity contribution is 0.120. The predicted molar refractivity (Wildman–Crippen MR) is 153 cm³/mol. The molecule has 1 saturated heterocycles. The fourth-order valence-corrected chi connectivity index (χ4v) is 7.20. The Labute approximate surface area is 235 Å². The van der Waals surface area contributed by atoms with E-state index in [0.29, 0.717) is 23.3 Å². The molecule has 3 aromatic rings. The fourth-order valence-electron chi connectivity index (χ4n) is 7.20. The molecule has 1 aromatic carbocycles. The van der Waals surface area contributed by atoms with E-state index in [-0.39, 0.29) is 11.5 Å². The first kappa shape index (κ1) is 25.7. The molecular formula is C31H41N7O2. The van der Waals surface area contributed by atoms with Gasteiger partial charge in [0, 0.05) is 12.6 Å². The summed E-state index contributed by atoms with van der Waals surface area (Å²) >= 11 is 0. The number of benzene rings is 1. The van der Waals surface area contributed by atoms with E-state index in [9.17, 15) is 4.79 Å². The standard InChI is InChI=1S/C31H41N7O2/c1-19-12-14-21(15-13-19)18-38-24-25(32-20(2)22-8-6-9-22)33-27(28-36-30(39)40-37-28)34-26(24)35-29(38)31(16-7-17-31)23-10-4-3-5-11-23/h3-5,10-11,19-22,28,37H,6-9,12-18H2,1-2H3,(H,36,39)(H,32,33,34)/t19?,20-,21?,28?/m1/s1. The quantitative estimate of drug-likeness (QED) is 0.322. The van der Waals surface area contributed by atoms with Crippen LogP contribution in [0.15, 0.2) is 30.3 Å². The zero-order valence-corrected chi connectivity index (χ0v) is 23.7. The molecule has 7 rings (SSSR count). The van der Waals surface area contributed by atoms with Gasteiger partial charge in [0.05, 0.1) is 5.41 Å². The molecule has 4 fully saturated rings. The minimum Gasteiger partial charge on any atom is -0.365 e. The number of carbonyl (C=O) groups excluding carboxylic acids is 1. The van der Waals surface area contributed by atoms with E-state index in [0.717, 1.165) is 42.5 Å². The van der Waals surface area contributed by atoms with Crippen LogP contribution in [-0.4, -0.2) is 31.7 Å². The van der Waals surface area contributed by atoms with Gasteiger partial charge in [0.1, 0.15) is 11.3 Å². The molecule has 40 heavy (non-hydrogen) atoms. The monoisotopic (exact) mass is 543 g/mol. The van der Waals surface area contributed by atoms with Gasteiger partial charge in [-0.25, -0.2) is 19.7 Å². The number of aromatic nitrogens is 4. The second kappa shape index (κ2) is 10.3. The van der Waals surface area contributed by atoms with Gasteiger partial charge in [0.25, 0.3) is 0 Å². The van der Waals surface area contributed by atoms with E-state index in [2.05, 4.69) is 64.9 Å². The molecule has 3 heterocycles. The topological polar surface area (TPSA) is 106 Å². The van der Waals surface area contributed by atoms with Gasteiger partial charge < -0.3 is 14.7 Å². The van der Waals surface area contributed by atoms with Crippen LogP contribution < -0.4 is 16.1 Å². The van der Waals surface area contributed by atoms with Gasteiger partial charge in [0.15, 0.2) is 23.5 Å². The highest BCUT2D eigenvalue weighted by Gasteiger charge is 2.45. The lowest BCUT2D eigenvalue weighted by Gasteiger charge is -2.42. The van der Waals surface area contributed by atoms with E-state index in [1.54, 1.807) is 0 Å². The lowest BCUT2D eigenvalue weighted by atomic mass is 9.63. The molecular weight excluding hydrogens is 502 g/mol. The van der Waals surface area contributed by atoms with Crippen molar-refractivity contribution in [2.24, 2.45) is 17.8 Å². The smallest absolute Gasteiger partial charge is 0.365 e. The zero-order valence-electron chi connectivity index (χ0n) is 23.7. The van der Waals surface area contributed by atoms with Crippen molar-refractivity contribution in [3.05, 3.63) is 47.5 Å². The normalized spacial score (nSPS) is 26.9. The van der Waals surface area contributed by atoms with Gasteiger partial charge >= 0.3 is 6.09 Å². The fraction of sp³-hybridized carbons (Fsp3) is 0.613. The number of imidazole rings is 1. The van der Waals surface area contributed by atoms with Crippen LogP contribution in [0, 0.1) is 17.8 Å². The summed E-state index contributed by atoms with van der Waals surface area (Å²) < 4.78 is 2.49. The molecule has 0 radical (unpaired) electrons. The molecule has 3 N–H and O–H groups in total. The van der Waals surface area contributed by atoms with Gasteiger partial charge in [0.2, 0.25) is 0 Å². The van der Waals surface area contributed by atoms with Crippen molar-refractivity contribution in [2.75, 3.05) is 5.32 Å². The summed E-state index contributed by atoms with van der Waals surface area (Å²) in [5.74, 6) is 4.45. The van der Waals surface area contributed by atoms with Crippen LogP contribution in [0.25, 0.3) is 11.2 Å². The van der Waals surface area contributed by atoms with Crippen LogP contribution in [0.5, 0.6) is 0 Å². The molecule has 3 aliphatic carbocycles. The Morgan fingerprint density at radius 3 is 2.45 bits per heavy atom. The van der Waals surface area contributed by atoms with E-state index < -0.39 is 12.3 Å². The molecule has 9 nitrogen and oxygen atoms in total. The number of fused-ring (bicyclic) bond motifs is 1. The van der Waals surface area contributed by atoms with Gasteiger partial charge in [-0.15, -0.1) is 5.48 Å². The van der Waals surface area contributed by atoms with Crippen molar-refractivity contribution in [3.8, 4) is 0 Å². The van der Waals surface area contributed by atoms with Crippen LogP contribution in [0.2, 0.25) is 0 Å². The highest BCUT2D eigenvalue weighted by Crippen LogP contribution is 2.50. The molecule has 1 unspecified atom stereocenters. The van der Waals surface area contributed by atoms with Crippen LogP contribution in [0.1, 0.15) is 101 Å². The Kier molecular flexibility index (Phi) is 6.65. The predicted octanol–water partition coefficient (Wildman–Crippen LogP) is 5.97. The number of nitrogens with zero attached hydrogens (tertiary/aromatic N) is 4. The number of amides is 1. The van der Waals surface area contributed by atoms with Crippen LogP contribution in [0.3, 0.4) is 0 Å². The van der Waals surface area contributed by atoms with E-state index in [1.165, 1.54) is 56.9 Å². The number of hydrogen-bond donors (Lipinski definition) is 3. The maximum Gasteiger partial charge on any atom is 0.427 e. The van der Waals surface area contributed by atoms with Gasteiger partial charge in [-0.2, -0.15) is 0 Å². The van der Waals surface area contributed by atoms with Gasteiger partial charge in [-0.3, -0.25) is 5.32 Å². The second-order valence-corrected chi connectivity index (χ2v) is 12.8. The first-order valence-electron chi connectivity index (χ1n) is 15.3. The second-order valence-electron chi connectivity index (χ2n) is 12.8. The highest BCUT2D eigenvalue weighted by atomic mass is 16.7. The molecule has 9 heteroatoms. The first-order chi connectivity index (χ1) is 19.5. The van der Waals surface area contributed by atoms with Gasteiger partial charge in [-0.05, 0) is 68.8 Å². The average molecular weight is 544 g/mol. The summed E-state index contributed by atoms with van der Waals surface area (Å²) in [6.07, 6.45) is 11.0. The Morgan fingerprint density at radius 2 is 1.82 bits per heavy atom. The molecule has 1 aliphatic heterocycles. The van der Waals surface area contributed by atoms with Gasteiger partial charge in [-0.1, -0.05) is 62.9 Å². The number of hydroxylamine groups is 1. The Morgan fingerprint density at radius 1 is 1.05 bits per heavy atom. The largest absolute Gasteiger partial charge is 0.427 e. The summed E-state index contributed by atoms with van der Waals surface area (Å²) in [5.41, 5.74) is 5.63. The Balaban J connectivity index is 1.38. The zero-order chi connectivity index (χ0) is 27.3. The van der Waals surface area contributed by atoms with E-state index >= 15 is 0 Å². The van der Waals surface area contributed by atoms with Crippen molar-refractivity contribution in [1.82, 2.24) is 30.3 Å². The molecule has 2 atom stereocenters. The molecule has 1 amide bonds. The lowest BCUT2D eigenvalue weighted by Crippen LogP contribution is -2.39. The maximum absolute atomic E-state index is 11.8. The summed E-state index contributed by atoms with van der Waals surface area (Å²) in [6.45, 7) is 5.58. The third-order valence-electron chi connectivity index (χ3n) is 10.2. The Hall–Kier alpha value is -3.20. The number of carbonyl (C=O) groups is 1. The SMILES string of the molecule is CC1CCC(Cn2c(C3(c4ccccc4)CCC3)nc3nc(C4NOC(=O)N4)nc(N[C@H](C)C4CCC4)c32)CC1. The van der Waals surface area contributed by atoms with Crippen molar-refractivity contribution < 1.29 is 9.63 Å². The van der Waals surface area contributed by atoms with Crippen molar-refractivity contribution >= 4 is 23.1 Å².